The molecule has 2 saturated heterocycles. The molecule has 1 N–H and O–H groups in total. The Labute approximate surface area is 296 Å². The topological polar surface area (TPSA) is 155 Å². The molecule has 3 aromatic rings. The average Bonchev–Trinajstić information content (AvgIpc) is 3.11. The third-order valence-electron chi connectivity index (χ3n) is 8.17. The maximum Gasteiger partial charge on any atom is 0.303 e. The van der Waals surface area contributed by atoms with Gasteiger partial charge in [0.2, 0.25) is 0 Å². The Balaban J connectivity index is 1.47. The minimum absolute atomic E-state index is 0.000171. The molecule has 0 radical (unpaired) electrons. The second kappa shape index (κ2) is 18.9. The van der Waals surface area contributed by atoms with Crippen molar-refractivity contribution >= 4 is 17.9 Å². The van der Waals surface area contributed by atoms with Crippen LogP contribution >= 0.6 is 0 Å². The molecule has 13 nitrogen and oxygen atoms in total. The van der Waals surface area contributed by atoms with Crippen molar-refractivity contribution in [2.24, 2.45) is 0 Å². The van der Waals surface area contributed by atoms with Gasteiger partial charge in [-0.2, -0.15) is 0 Å². The summed E-state index contributed by atoms with van der Waals surface area (Å²) in [5.41, 5.74) is 2.62. The van der Waals surface area contributed by atoms with E-state index in [0.29, 0.717) is 0 Å². The normalized spacial score (nSPS) is 27.6. The minimum Gasteiger partial charge on any atom is -0.456 e. The Hall–Kier alpha value is -4.21. The first-order valence-electron chi connectivity index (χ1n) is 16.7. The molecule has 274 valence electrons. The summed E-state index contributed by atoms with van der Waals surface area (Å²) in [5.74, 6) is -2.10. The number of carbonyl (C=O) groups excluding carboxylic acids is 3. The van der Waals surface area contributed by atoms with Crippen LogP contribution in [0.15, 0.2) is 91.0 Å². The molecule has 0 saturated carbocycles. The Morgan fingerprint density at radius 3 is 1.65 bits per heavy atom. The highest BCUT2D eigenvalue weighted by atomic mass is 16.7. The van der Waals surface area contributed by atoms with Gasteiger partial charge in [0.25, 0.3) is 0 Å². The molecule has 0 aliphatic carbocycles. The lowest BCUT2D eigenvalue weighted by Gasteiger charge is -2.47. The summed E-state index contributed by atoms with van der Waals surface area (Å²) < 4.78 is 54.1. The highest BCUT2D eigenvalue weighted by Gasteiger charge is 2.53. The van der Waals surface area contributed by atoms with Gasteiger partial charge in [-0.3, -0.25) is 14.4 Å². The van der Waals surface area contributed by atoms with Crippen LogP contribution in [0.1, 0.15) is 37.5 Å². The molecule has 13 heteroatoms. The zero-order valence-corrected chi connectivity index (χ0v) is 28.7. The fourth-order valence-corrected chi connectivity index (χ4v) is 5.94. The van der Waals surface area contributed by atoms with Crippen LogP contribution in [0.25, 0.3) is 0 Å². The van der Waals surface area contributed by atoms with Crippen LogP contribution in [0.2, 0.25) is 0 Å². The molecule has 5 rings (SSSR count). The first-order valence-corrected chi connectivity index (χ1v) is 16.7. The molecule has 0 amide bonds. The van der Waals surface area contributed by atoms with Crippen LogP contribution < -0.4 is 0 Å². The maximum atomic E-state index is 12.4. The van der Waals surface area contributed by atoms with E-state index in [9.17, 15) is 19.5 Å². The van der Waals surface area contributed by atoms with Crippen molar-refractivity contribution in [3.8, 4) is 0 Å². The highest BCUT2D eigenvalue weighted by molar-refractivity contribution is 5.68. The zero-order valence-electron chi connectivity index (χ0n) is 28.7. The van der Waals surface area contributed by atoms with E-state index in [1.807, 2.05) is 91.0 Å². The second-order valence-electron chi connectivity index (χ2n) is 12.2. The second-order valence-corrected chi connectivity index (χ2v) is 12.2. The Morgan fingerprint density at radius 1 is 0.627 bits per heavy atom. The van der Waals surface area contributed by atoms with Crippen LogP contribution in [0.3, 0.4) is 0 Å². The quantitative estimate of drug-likeness (QED) is 0.181. The van der Waals surface area contributed by atoms with Crippen molar-refractivity contribution in [3.05, 3.63) is 108 Å². The lowest BCUT2D eigenvalue weighted by atomic mass is 9.97. The molecule has 0 bridgehead atoms. The van der Waals surface area contributed by atoms with Crippen molar-refractivity contribution in [1.29, 1.82) is 0 Å². The molecule has 51 heavy (non-hydrogen) atoms. The molecule has 3 aromatic carbocycles. The van der Waals surface area contributed by atoms with E-state index in [0.717, 1.165) is 16.7 Å². The number of ether oxygens (including phenoxy) is 9. The van der Waals surface area contributed by atoms with Crippen LogP contribution in [-0.4, -0.2) is 91.5 Å². The monoisotopic (exact) mass is 708 g/mol. The van der Waals surface area contributed by atoms with E-state index in [1.54, 1.807) is 0 Å². The van der Waals surface area contributed by atoms with Gasteiger partial charge in [-0.1, -0.05) is 91.0 Å². The molecular weight excluding hydrogens is 664 g/mol. The van der Waals surface area contributed by atoms with Crippen LogP contribution in [0, 0.1) is 0 Å². The predicted molar refractivity (Wildman–Crippen MR) is 178 cm³/mol. The van der Waals surface area contributed by atoms with Gasteiger partial charge in [0.1, 0.15) is 24.4 Å². The number of aliphatic hydroxyl groups is 1. The molecule has 9 atom stereocenters. The maximum absolute atomic E-state index is 12.4. The van der Waals surface area contributed by atoms with Gasteiger partial charge in [0, 0.05) is 20.8 Å². The van der Waals surface area contributed by atoms with Gasteiger partial charge in [-0.15, -0.1) is 0 Å². The summed E-state index contributed by atoms with van der Waals surface area (Å²) in [5, 5.41) is 11.5. The van der Waals surface area contributed by atoms with Crippen LogP contribution in [-0.2, 0) is 76.8 Å². The fraction of sp³-hybridized carbons (Fsp3) is 0.447. The molecule has 2 heterocycles. The van der Waals surface area contributed by atoms with Crippen molar-refractivity contribution in [2.45, 2.75) is 95.9 Å². The van der Waals surface area contributed by atoms with E-state index < -0.39 is 73.2 Å². The van der Waals surface area contributed by atoms with Gasteiger partial charge in [0.15, 0.2) is 30.9 Å². The first kappa shape index (κ1) is 38.0. The van der Waals surface area contributed by atoms with Gasteiger partial charge in [-0.05, 0) is 16.7 Å². The zero-order chi connectivity index (χ0) is 36.2. The smallest absolute Gasteiger partial charge is 0.303 e. The molecule has 2 aliphatic rings. The number of hydrogen-bond acceptors (Lipinski definition) is 13. The lowest BCUT2D eigenvalue weighted by molar-refractivity contribution is -0.356. The number of esters is 3. The number of hydrogen-bond donors (Lipinski definition) is 1. The van der Waals surface area contributed by atoms with Crippen LogP contribution in [0.4, 0.5) is 0 Å². The number of rotatable bonds is 15. The largest absolute Gasteiger partial charge is 0.456 e. The molecule has 0 aromatic heterocycles. The number of benzene rings is 3. The SMILES string of the molecule is CC(=O)O[C@@H]1[C@@H](OC(C)=O)[C@@H](O[C@@H]2[C@@H](OCc3ccccc3)[C@@H](O)O[C@H](COCc3ccccc3)[C@H]2OCc2ccccc2)OC[C@@H]1OC(C)=O. The Kier molecular flexibility index (Phi) is 14.1. The molecule has 2 aliphatic heterocycles. The summed E-state index contributed by atoms with van der Waals surface area (Å²) >= 11 is 0. The van der Waals surface area contributed by atoms with E-state index in [1.165, 1.54) is 20.8 Å². The lowest BCUT2D eigenvalue weighted by Crippen LogP contribution is -2.65. The van der Waals surface area contributed by atoms with E-state index in [-0.39, 0.29) is 33.0 Å². The predicted octanol–water partition coefficient (Wildman–Crippen LogP) is 3.63. The molecule has 0 spiro atoms. The standard InChI is InChI=1S/C38H44O13/c1-24(39)47-31-23-46-38(36(49-26(3)41)33(31)48-25(2)40)51-34-32(44-20-28-15-9-5-10-16-28)30(22-43-19-27-13-7-4-8-14-27)50-37(42)35(34)45-21-29-17-11-6-12-18-29/h4-18,30-38,42H,19-23H2,1-3H3/t30-,31+,32-,33+,34+,35-,36-,37+,38-/m1/s1. The van der Waals surface area contributed by atoms with E-state index in [2.05, 4.69) is 0 Å². The summed E-state index contributed by atoms with van der Waals surface area (Å²) in [6, 6.07) is 28.4. The Bertz CT molecular complexity index is 1520. The molecule has 2 fully saturated rings. The third kappa shape index (κ3) is 11.1. The summed E-state index contributed by atoms with van der Waals surface area (Å²) in [7, 11) is 0. The molecular formula is C38H44O13. The summed E-state index contributed by atoms with van der Waals surface area (Å²) in [6.07, 6.45) is -10.8. The average molecular weight is 709 g/mol. The minimum atomic E-state index is -1.52. The van der Waals surface area contributed by atoms with Crippen molar-refractivity contribution < 1.29 is 62.1 Å². The van der Waals surface area contributed by atoms with Crippen LogP contribution in [0.5, 0.6) is 0 Å². The van der Waals surface area contributed by atoms with E-state index in [4.69, 9.17) is 42.6 Å². The Morgan fingerprint density at radius 2 is 1.12 bits per heavy atom. The van der Waals surface area contributed by atoms with E-state index >= 15 is 0 Å². The highest BCUT2D eigenvalue weighted by Crippen LogP contribution is 2.33. The van der Waals surface area contributed by atoms with Crippen molar-refractivity contribution in [1.82, 2.24) is 0 Å². The van der Waals surface area contributed by atoms with Gasteiger partial charge < -0.3 is 47.7 Å². The van der Waals surface area contributed by atoms with Gasteiger partial charge in [0.05, 0.1) is 33.0 Å². The molecule has 0 unspecified atom stereocenters. The third-order valence-corrected chi connectivity index (χ3v) is 8.17. The van der Waals surface area contributed by atoms with Gasteiger partial charge in [-0.25, -0.2) is 0 Å². The van der Waals surface area contributed by atoms with Gasteiger partial charge >= 0.3 is 17.9 Å². The number of aliphatic hydroxyl groups excluding tert-OH is 1. The number of carbonyl (C=O) groups is 3. The van der Waals surface area contributed by atoms with Crippen molar-refractivity contribution in [3.63, 3.8) is 0 Å². The first-order chi connectivity index (χ1) is 24.7. The van der Waals surface area contributed by atoms with Crippen molar-refractivity contribution in [2.75, 3.05) is 13.2 Å². The fourth-order valence-electron chi connectivity index (χ4n) is 5.94. The summed E-state index contributed by atoms with van der Waals surface area (Å²) in [6.45, 7) is 3.76. The summed E-state index contributed by atoms with van der Waals surface area (Å²) in [4.78, 5) is 36.5.